The van der Waals surface area contributed by atoms with E-state index in [0.29, 0.717) is 6.54 Å². The molecule has 1 aliphatic heterocycles. The van der Waals surface area contributed by atoms with Gasteiger partial charge < -0.3 is 20.3 Å². The van der Waals surface area contributed by atoms with Gasteiger partial charge in [0.2, 0.25) is 0 Å². The Balaban J connectivity index is 2.15. The van der Waals surface area contributed by atoms with Gasteiger partial charge in [-0.2, -0.15) is 0 Å². The first-order valence-corrected chi connectivity index (χ1v) is 6.50. The summed E-state index contributed by atoms with van der Waals surface area (Å²) in [4.78, 5) is 2.26. The van der Waals surface area contributed by atoms with Gasteiger partial charge >= 0.3 is 0 Å². The van der Waals surface area contributed by atoms with Gasteiger partial charge in [0.1, 0.15) is 0 Å². The molecule has 3 N–H and O–H groups in total. The summed E-state index contributed by atoms with van der Waals surface area (Å²) in [6.45, 7) is 2.53. The van der Waals surface area contributed by atoms with Crippen LogP contribution in [0.4, 0.5) is 0 Å². The molecule has 0 spiro atoms. The topological polar surface area (TPSA) is 68.0 Å². The molecule has 106 valence electrons. The number of fused-ring (bicyclic) bond motifs is 1. The van der Waals surface area contributed by atoms with Crippen LogP contribution in [0.15, 0.2) is 12.1 Å². The number of hydrogen-bond donors (Lipinski definition) is 2. The highest BCUT2D eigenvalue weighted by atomic mass is 16.5. The minimum Gasteiger partial charge on any atom is -0.493 e. The minimum atomic E-state index is -0.179. The van der Waals surface area contributed by atoms with Crippen molar-refractivity contribution < 1.29 is 14.6 Å². The van der Waals surface area contributed by atoms with Gasteiger partial charge in [0.25, 0.3) is 0 Å². The maximum absolute atomic E-state index is 9.02. The standard InChI is InChI=1S/C14H22N2O3/c1-18-13-5-10-3-4-16(8-12(15)9-17)7-11(10)6-14(13)19-2/h5-6,12,17H,3-4,7-9,15H2,1-2H3. The van der Waals surface area contributed by atoms with E-state index in [1.807, 2.05) is 6.07 Å². The lowest BCUT2D eigenvalue weighted by molar-refractivity contribution is 0.190. The number of nitrogens with two attached hydrogens (primary N) is 1. The monoisotopic (exact) mass is 266 g/mol. The van der Waals surface area contributed by atoms with Crippen molar-refractivity contribution in [1.29, 1.82) is 0 Å². The molecule has 1 aromatic carbocycles. The molecule has 0 saturated heterocycles. The van der Waals surface area contributed by atoms with Crippen LogP contribution in [0.1, 0.15) is 11.1 Å². The zero-order chi connectivity index (χ0) is 13.8. The van der Waals surface area contributed by atoms with Gasteiger partial charge in [-0.1, -0.05) is 0 Å². The molecule has 2 rings (SSSR count). The summed E-state index contributed by atoms with van der Waals surface area (Å²) in [6.07, 6.45) is 0.966. The molecule has 5 nitrogen and oxygen atoms in total. The fraction of sp³-hybridized carbons (Fsp3) is 0.571. The van der Waals surface area contributed by atoms with Gasteiger partial charge in [-0.15, -0.1) is 0 Å². The quantitative estimate of drug-likeness (QED) is 0.806. The number of methoxy groups -OCH3 is 2. The van der Waals surface area contributed by atoms with E-state index >= 15 is 0 Å². The number of rotatable bonds is 5. The Hall–Kier alpha value is -1.30. The normalized spacial score (nSPS) is 16.8. The summed E-state index contributed by atoms with van der Waals surface area (Å²) in [5.41, 5.74) is 8.33. The molecule has 1 unspecified atom stereocenters. The molecule has 1 atom stereocenters. The summed E-state index contributed by atoms with van der Waals surface area (Å²) in [5, 5.41) is 9.02. The maximum atomic E-state index is 9.02. The van der Waals surface area contributed by atoms with Crippen LogP contribution in [0, 0.1) is 0 Å². The number of aliphatic hydroxyl groups excluding tert-OH is 1. The third-order valence-corrected chi connectivity index (χ3v) is 3.52. The van der Waals surface area contributed by atoms with E-state index in [-0.39, 0.29) is 12.6 Å². The predicted molar refractivity (Wildman–Crippen MR) is 73.6 cm³/mol. The first-order chi connectivity index (χ1) is 9.17. The third-order valence-electron chi connectivity index (χ3n) is 3.52. The Labute approximate surface area is 113 Å². The van der Waals surface area contributed by atoms with E-state index in [0.717, 1.165) is 31.0 Å². The molecule has 0 fully saturated rings. The van der Waals surface area contributed by atoms with Gasteiger partial charge in [0.05, 0.1) is 20.8 Å². The molecule has 0 bridgehead atoms. The second-order valence-corrected chi connectivity index (χ2v) is 4.90. The predicted octanol–water partition coefficient (Wildman–Crippen LogP) is 0.381. The van der Waals surface area contributed by atoms with Crippen LogP contribution >= 0.6 is 0 Å². The SMILES string of the molecule is COc1cc2c(cc1OC)CN(CC(N)CO)CC2. The van der Waals surface area contributed by atoms with Crippen molar-refractivity contribution in [2.24, 2.45) is 5.73 Å². The van der Waals surface area contributed by atoms with Gasteiger partial charge in [-0.3, -0.25) is 4.90 Å². The Morgan fingerprint density at radius 2 is 1.89 bits per heavy atom. The Bertz CT molecular complexity index is 437. The largest absolute Gasteiger partial charge is 0.493 e. The molecule has 19 heavy (non-hydrogen) atoms. The van der Waals surface area contributed by atoms with Gasteiger partial charge in [0, 0.05) is 25.7 Å². The molecule has 0 aliphatic carbocycles. The highest BCUT2D eigenvalue weighted by Crippen LogP contribution is 2.33. The molecule has 0 radical (unpaired) electrons. The van der Waals surface area contributed by atoms with Crippen LogP contribution in [-0.4, -0.2) is 50.0 Å². The third kappa shape index (κ3) is 3.18. The van der Waals surface area contributed by atoms with E-state index in [1.165, 1.54) is 11.1 Å². The van der Waals surface area contributed by atoms with E-state index in [9.17, 15) is 0 Å². The lowest BCUT2D eigenvalue weighted by Gasteiger charge is -2.30. The second-order valence-electron chi connectivity index (χ2n) is 4.90. The fourth-order valence-electron chi connectivity index (χ4n) is 2.49. The van der Waals surface area contributed by atoms with E-state index in [4.69, 9.17) is 20.3 Å². The molecule has 1 aromatic rings. The fourth-order valence-corrected chi connectivity index (χ4v) is 2.49. The highest BCUT2D eigenvalue weighted by Gasteiger charge is 2.20. The zero-order valence-electron chi connectivity index (χ0n) is 11.6. The molecule has 0 aromatic heterocycles. The van der Waals surface area contributed by atoms with Crippen molar-refractivity contribution in [1.82, 2.24) is 4.90 Å². The number of nitrogens with zero attached hydrogens (tertiary/aromatic N) is 1. The summed E-state index contributed by atoms with van der Waals surface area (Å²) in [5.74, 6) is 1.54. The van der Waals surface area contributed by atoms with Crippen LogP contribution in [-0.2, 0) is 13.0 Å². The number of ether oxygens (including phenoxy) is 2. The molecule has 0 amide bonds. The second kappa shape index (κ2) is 6.23. The Morgan fingerprint density at radius 1 is 1.26 bits per heavy atom. The summed E-state index contributed by atoms with van der Waals surface area (Å²) in [7, 11) is 3.30. The number of benzene rings is 1. The molecular weight excluding hydrogens is 244 g/mol. The van der Waals surface area contributed by atoms with Gasteiger partial charge in [-0.25, -0.2) is 0 Å². The zero-order valence-corrected chi connectivity index (χ0v) is 11.6. The van der Waals surface area contributed by atoms with Crippen LogP contribution in [0.3, 0.4) is 0 Å². The summed E-state index contributed by atoms with van der Waals surface area (Å²) < 4.78 is 10.7. The summed E-state index contributed by atoms with van der Waals surface area (Å²) in [6, 6.07) is 3.91. The van der Waals surface area contributed by atoms with Crippen LogP contribution in [0.25, 0.3) is 0 Å². The van der Waals surface area contributed by atoms with Gasteiger partial charge in [-0.05, 0) is 29.7 Å². The molecule has 1 heterocycles. The lowest BCUT2D eigenvalue weighted by atomic mass is 9.98. The van der Waals surface area contributed by atoms with Crippen molar-refractivity contribution >= 4 is 0 Å². The first-order valence-electron chi connectivity index (χ1n) is 6.50. The maximum Gasteiger partial charge on any atom is 0.161 e. The molecule has 1 aliphatic rings. The van der Waals surface area contributed by atoms with Crippen molar-refractivity contribution in [3.8, 4) is 11.5 Å². The lowest BCUT2D eigenvalue weighted by Crippen LogP contribution is -2.42. The van der Waals surface area contributed by atoms with Crippen molar-refractivity contribution in [3.05, 3.63) is 23.3 Å². The molecule has 5 heteroatoms. The van der Waals surface area contributed by atoms with Crippen molar-refractivity contribution in [2.45, 2.75) is 19.0 Å². The van der Waals surface area contributed by atoms with Crippen LogP contribution < -0.4 is 15.2 Å². The van der Waals surface area contributed by atoms with E-state index < -0.39 is 0 Å². The summed E-state index contributed by atoms with van der Waals surface area (Å²) >= 11 is 0. The average molecular weight is 266 g/mol. The average Bonchev–Trinajstić information content (AvgIpc) is 2.45. The van der Waals surface area contributed by atoms with E-state index in [1.54, 1.807) is 14.2 Å². The number of hydrogen-bond acceptors (Lipinski definition) is 5. The molecular formula is C14H22N2O3. The van der Waals surface area contributed by atoms with Gasteiger partial charge in [0.15, 0.2) is 11.5 Å². The van der Waals surface area contributed by atoms with Crippen molar-refractivity contribution in [3.63, 3.8) is 0 Å². The van der Waals surface area contributed by atoms with E-state index in [2.05, 4.69) is 11.0 Å². The highest BCUT2D eigenvalue weighted by molar-refractivity contribution is 5.48. The Kier molecular flexibility index (Phi) is 4.63. The Morgan fingerprint density at radius 3 is 2.47 bits per heavy atom. The first kappa shape index (κ1) is 14.1. The smallest absolute Gasteiger partial charge is 0.161 e. The van der Waals surface area contributed by atoms with Crippen LogP contribution in [0.5, 0.6) is 11.5 Å². The minimum absolute atomic E-state index is 0.0231. The number of aliphatic hydroxyl groups is 1. The molecule has 0 saturated carbocycles. The van der Waals surface area contributed by atoms with Crippen LogP contribution in [0.2, 0.25) is 0 Å². The van der Waals surface area contributed by atoms with Crippen molar-refractivity contribution in [2.75, 3.05) is 33.9 Å².